The fourth-order valence-electron chi connectivity index (χ4n) is 5.21. The highest BCUT2D eigenvalue weighted by molar-refractivity contribution is 5.97. The van der Waals surface area contributed by atoms with E-state index in [2.05, 4.69) is 41.4 Å². The number of aryl methyl sites for hydroxylation is 1. The Morgan fingerprint density at radius 1 is 1.16 bits per heavy atom. The molecule has 9 heteroatoms. The molecule has 2 aliphatic rings. The first-order valence-corrected chi connectivity index (χ1v) is 10.9. The van der Waals surface area contributed by atoms with Crippen molar-refractivity contribution in [2.45, 2.75) is 50.7 Å². The van der Waals surface area contributed by atoms with Crippen LogP contribution in [0.5, 0.6) is 0 Å². The largest absolute Gasteiger partial charge is 0.381 e. The van der Waals surface area contributed by atoms with Gasteiger partial charge in [-0.3, -0.25) is 0 Å². The molecule has 0 aromatic carbocycles. The summed E-state index contributed by atoms with van der Waals surface area (Å²) in [7, 11) is 0. The molecule has 0 amide bonds. The maximum atomic E-state index is 9.06. The Labute approximate surface area is 184 Å². The van der Waals surface area contributed by atoms with Gasteiger partial charge < -0.3 is 19.7 Å². The van der Waals surface area contributed by atoms with Crippen LogP contribution in [-0.2, 0) is 0 Å². The number of aromatic amines is 1. The Morgan fingerprint density at radius 2 is 2.00 bits per heavy atom. The molecule has 0 aliphatic carbocycles. The van der Waals surface area contributed by atoms with Crippen LogP contribution in [0.3, 0.4) is 0 Å². The number of nitrogens with zero attached hydrogens (tertiary/aromatic N) is 6. The van der Waals surface area contributed by atoms with Gasteiger partial charge in [-0.25, -0.2) is 9.97 Å². The molecule has 1 unspecified atom stereocenters. The number of nitriles is 1. The average molecular weight is 426 g/mol. The van der Waals surface area contributed by atoms with Crippen LogP contribution in [0.1, 0.15) is 37.1 Å². The third-order valence-corrected chi connectivity index (χ3v) is 6.57. The lowest BCUT2D eigenvalue weighted by molar-refractivity contribution is 0.424. The minimum atomic E-state index is 0.311. The Balaban J connectivity index is 1.29. The quantitative estimate of drug-likeness (QED) is 0.506. The van der Waals surface area contributed by atoms with Gasteiger partial charge in [-0.2, -0.15) is 10.2 Å². The highest BCUT2D eigenvalue weighted by Crippen LogP contribution is 2.41. The number of pyridine rings is 2. The maximum absolute atomic E-state index is 9.06. The highest BCUT2D eigenvalue weighted by atomic mass is 16.5. The van der Waals surface area contributed by atoms with Gasteiger partial charge in [0.2, 0.25) is 0 Å². The molecule has 0 radical (unpaired) electrons. The van der Waals surface area contributed by atoms with E-state index in [1.807, 2.05) is 31.3 Å². The number of anilines is 2. The van der Waals surface area contributed by atoms with E-state index in [0.29, 0.717) is 35.4 Å². The zero-order valence-electron chi connectivity index (χ0n) is 17.6. The van der Waals surface area contributed by atoms with Gasteiger partial charge in [0.1, 0.15) is 17.5 Å². The van der Waals surface area contributed by atoms with Gasteiger partial charge in [-0.05, 0) is 50.8 Å². The van der Waals surface area contributed by atoms with Crippen LogP contribution in [-0.4, -0.2) is 43.2 Å². The summed E-state index contributed by atoms with van der Waals surface area (Å²) in [5.41, 5.74) is 3.22. The molecule has 2 aliphatic heterocycles. The summed E-state index contributed by atoms with van der Waals surface area (Å²) in [5, 5.41) is 17.8. The third-order valence-electron chi connectivity index (χ3n) is 6.57. The summed E-state index contributed by atoms with van der Waals surface area (Å²) in [4.78, 5) is 19.1. The Morgan fingerprint density at radius 3 is 2.69 bits per heavy atom. The van der Waals surface area contributed by atoms with Crippen LogP contribution in [0.15, 0.2) is 41.3 Å². The minimum Gasteiger partial charge on any atom is -0.381 e. The van der Waals surface area contributed by atoms with E-state index in [0.717, 1.165) is 53.8 Å². The standard InChI is InChI=1S/C23H22N8O/c1-13-28-23(32-30-13)19-12-27-22-18(6-7-25-22)21(19)29-15-8-16-3-4-17(9-15)31(16)20-5-2-14(10-24)11-26-20/h2,5-7,11-12,15-17H,3-4,8-9H2,1H3,(H2,25,27,29)/t15?,16-,17+. The lowest BCUT2D eigenvalue weighted by Gasteiger charge is -2.40. The lowest BCUT2D eigenvalue weighted by atomic mass is 9.96. The molecule has 4 aromatic rings. The molecule has 0 saturated carbocycles. The first-order chi connectivity index (χ1) is 15.7. The second-order valence-corrected chi connectivity index (χ2v) is 8.56. The third kappa shape index (κ3) is 3.07. The average Bonchev–Trinajstić information content (AvgIpc) is 3.52. The summed E-state index contributed by atoms with van der Waals surface area (Å²) < 4.78 is 5.46. The zero-order chi connectivity index (χ0) is 21.7. The minimum absolute atomic E-state index is 0.311. The Kier molecular flexibility index (Phi) is 4.31. The molecule has 2 saturated heterocycles. The van der Waals surface area contributed by atoms with Crippen molar-refractivity contribution in [2.75, 3.05) is 10.2 Å². The SMILES string of the molecule is Cc1noc(-c2cnc3[nH]ccc3c2NC2C[C@H]3CC[C@@H](C2)N3c2ccc(C#N)cn2)n1. The zero-order valence-corrected chi connectivity index (χ0v) is 17.6. The van der Waals surface area contributed by atoms with Gasteiger partial charge in [0.05, 0.1) is 16.8 Å². The molecule has 2 N–H and O–H groups in total. The van der Waals surface area contributed by atoms with Crippen molar-refractivity contribution in [3.05, 3.63) is 48.2 Å². The summed E-state index contributed by atoms with van der Waals surface area (Å²) in [6.07, 6.45) is 9.67. The van der Waals surface area contributed by atoms with Gasteiger partial charge in [0.25, 0.3) is 5.89 Å². The van der Waals surface area contributed by atoms with Crippen LogP contribution >= 0.6 is 0 Å². The molecule has 6 heterocycles. The van der Waals surface area contributed by atoms with Gasteiger partial charge in [-0.1, -0.05) is 5.16 Å². The first-order valence-electron chi connectivity index (χ1n) is 10.9. The molecule has 0 spiro atoms. The molecular weight excluding hydrogens is 404 g/mol. The monoisotopic (exact) mass is 426 g/mol. The van der Waals surface area contributed by atoms with Crippen LogP contribution in [0.2, 0.25) is 0 Å². The van der Waals surface area contributed by atoms with Crippen molar-refractivity contribution in [1.29, 1.82) is 5.26 Å². The predicted molar refractivity (Wildman–Crippen MR) is 119 cm³/mol. The number of piperidine rings is 1. The van der Waals surface area contributed by atoms with E-state index in [1.54, 1.807) is 12.4 Å². The number of fused-ring (bicyclic) bond motifs is 3. The number of hydrogen-bond donors (Lipinski definition) is 2. The summed E-state index contributed by atoms with van der Waals surface area (Å²) in [6.45, 7) is 1.81. The lowest BCUT2D eigenvalue weighted by Crippen LogP contribution is -2.47. The number of H-pyrrole nitrogens is 1. The molecule has 3 atom stereocenters. The highest BCUT2D eigenvalue weighted by Gasteiger charge is 2.41. The van der Waals surface area contributed by atoms with Gasteiger partial charge in [0.15, 0.2) is 5.82 Å². The van der Waals surface area contributed by atoms with Crippen LogP contribution < -0.4 is 10.2 Å². The molecule has 160 valence electrons. The van der Waals surface area contributed by atoms with E-state index in [-0.39, 0.29) is 0 Å². The smallest absolute Gasteiger partial charge is 0.261 e. The van der Waals surface area contributed by atoms with Crippen molar-refractivity contribution in [1.82, 2.24) is 25.1 Å². The second-order valence-electron chi connectivity index (χ2n) is 8.56. The van der Waals surface area contributed by atoms with E-state index >= 15 is 0 Å². The molecule has 9 nitrogen and oxygen atoms in total. The van der Waals surface area contributed by atoms with Crippen molar-refractivity contribution in [3.63, 3.8) is 0 Å². The molecular formula is C23H22N8O. The number of nitrogens with one attached hydrogen (secondary N) is 2. The second kappa shape index (κ2) is 7.34. The van der Waals surface area contributed by atoms with E-state index < -0.39 is 0 Å². The number of aromatic nitrogens is 5. The summed E-state index contributed by atoms with van der Waals surface area (Å²) >= 11 is 0. The topological polar surface area (TPSA) is 120 Å². The van der Waals surface area contributed by atoms with Crippen molar-refractivity contribution < 1.29 is 4.52 Å². The van der Waals surface area contributed by atoms with Crippen molar-refractivity contribution >= 4 is 22.5 Å². The van der Waals surface area contributed by atoms with E-state index in [9.17, 15) is 0 Å². The Hall–Kier alpha value is -3.93. The molecule has 4 aromatic heterocycles. The molecule has 32 heavy (non-hydrogen) atoms. The fourth-order valence-corrected chi connectivity index (χ4v) is 5.21. The number of rotatable bonds is 4. The Bertz CT molecular complexity index is 1300. The fraction of sp³-hybridized carbons (Fsp3) is 0.348. The van der Waals surface area contributed by atoms with Gasteiger partial charge in [0, 0.05) is 42.1 Å². The number of hydrogen-bond acceptors (Lipinski definition) is 8. The molecule has 2 fully saturated rings. The van der Waals surface area contributed by atoms with Crippen LogP contribution in [0.4, 0.5) is 11.5 Å². The van der Waals surface area contributed by atoms with E-state index in [4.69, 9.17) is 9.78 Å². The van der Waals surface area contributed by atoms with E-state index in [1.165, 1.54) is 0 Å². The maximum Gasteiger partial charge on any atom is 0.261 e. The predicted octanol–water partition coefficient (Wildman–Crippen LogP) is 3.80. The van der Waals surface area contributed by atoms with Gasteiger partial charge in [-0.15, -0.1) is 0 Å². The normalized spacial score (nSPS) is 22.2. The van der Waals surface area contributed by atoms with Gasteiger partial charge >= 0.3 is 0 Å². The first kappa shape index (κ1) is 18.8. The van der Waals surface area contributed by atoms with Crippen molar-refractivity contribution in [2.24, 2.45) is 0 Å². The molecule has 6 rings (SSSR count). The summed E-state index contributed by atoms with van der Waals surface area (Å²) in [5.74, 6) is 2.04. The molecule has 2 bridgehead atoms. The summed E-state index contributed by atoms with van der Waals surface area (Å²) in [6, 6.07) is 9.15. The van der Waals surface area contributed by atoms with Crippen LogP contribution in [0, 0.1) is 18.3 Å². The van der Waals surface area contributed by atoms with Crippen molar-refractivity contribution in [3.8, 4) is 17.5 Å². The van der Waals surface area contributed by atoms with Crippen LogP contribution in [0.25, 0.3) is 22.5 Å².